The van der Waals surface area contributed by atoms with E-state index in [9.17, 15) is 14.4 Å². The lowest BCUT2D eigenvalue weighted by atomic mass is 9.97. The molecule has 0 spiro atoms. The van der Waals surface area contributed by atoms with Gasteiger partial charge in [0, 0.05) is 23.6 Å². The highest BCUT2D eigenvalue weighted by molar-refractivity contribution is 6.34. The number of pyridine rings is 1. The molecule has 0 unspecified atom stereocenters. The quantitative estimate of drug-likeness (QED) is 0.333. The van der Waals surface area contributed by atoms with Crippen molar-refractivity contribution < 1.29 is 14.3 Å². The lowest BCUT2D eigenvalue weighted by Gasteiger charge is -2.16. The topological polar surface area (TPSA) is 65.4 Å². The van der Waals surface area contributed by atoms with Gasteiger partial charge in [0.15, 0.2) is 6.61 Å². The number of carbonyl (C=O) groups excluding carboxylic acids is 2. The van der Waals surface area contributed by atoms with Crippen LogP contribution in [0.25, 0.3) is 21.9 Å². The molecule has 0 saturated carbocycles. The predicted molar refractivity (Wildman–Crippen MR) is 121 cm³/mol. The third-order valence-corrected chi connectivity index (χ3v) is 5.40. The van der Waals surface area contributed by atoms with E-state index in [1.165, 1.54) is 11.6 Å². The van der Waals surface area contributed by atoms with Gasteiger partial charge < -0.3 is 9.30 Å². The summed E-state index contributed by atoms with van der Waals surface area (Å²) < 4.78 is 6.61. The van der Waals surface area contributed by atoms with Gasteiger partial charge in [-0.25, -0.2) is 4.79 Å². The van der Waals surface area contributed by atoms with Gasteiger partial charge in [0.05, 0.1) is 5.02 Å². The van der Waals surface area contributed by atoms with Gasteiger partial charge in [-0.3, -0.25) is 9.59 Å². The average Bonchev–Trinajstić information content (AvgIpc) is 2.80. The Hall–Kier alpha value is -3.70. The molecule has 6 heteroatoms. The van der Waals surface area contributed by atoms with Gasteiger partial charge in [-0.15, -0.1) is 0 Å². The van der Waals surface area contributed by atoms with Crippen molar-refractivity contribution in [2.24, 2.45) is 7.05 Å². The van der Waals surface area contributed by atoms with E-state index in [1.54, 1.807) is 42.5 Å². The monoisotopic (exact) mass is 431 g/mol. The van der Waals surface area contributed by atoms with Gasteiger partial charge in [-0.05, 0) is 29.1 Å². The zero-order valence-corrected chi connectivity index (χ0v) is 17.4. The summed E-state index contributed by atoms with van der Waals surface area (Å²) in [5.74, 6) is -1.18. The highest BCUT2D eigenvalue weighted by Crippen LogP contribution is 2.31. The minimum absolute atomic E-state index is 0.0851. The Morgan fingerprint density at radius 1 is 0.871 bits per heavy atom. The van der Waals surface area contributed by atoms with Crippen molar-refractivity contribution in [3.8, 4) is 11.1 Å². The minimum atomic E-state index is -0.760. The van der Waals surface area contributed by atoms with Crippen molar-refractivity contribution in [2.75, 3.05) is 6.61 Å². The molecule has 4 aromatic rings. The smallest absolute Gasteiger partial charge is 0.356 e. The van der Waals surface area contributed by atoms with E-state index < -0.39 is 18.4 Å². The van der Waals surface area contributed by atoms with Gasteiger partial charge in [0.1, 0.15) is 5.69 Å². The maximum atomic E-state index is 13.1. The van der Waals surface area contributed by atoms with Crippen molar-refractivity contribution >= 4 is 34.1 Å². The molecule has 154 valence electrons. The zero-order chi connectivity index (χ0) is 22.0. The first-order valence-corrected chi connectivity index (χ1v) is 9.99. The van der Waals surface area contributed by atoms with Crippen molar-refractivity contribution in [3.05, 3.63) is 105 Å². The standard InChI is InChI=1S/C25H18ClNO4/c1-27-23(25(30)31-15-21(28)19-13-7-8-14-20(19)26)22(16-9-3-2-4-10-16)17-11-5-6-12-18(17)24(27)29/h2-14H,15H2,1H3. The van der Waals surface area contributed by atoms with Crippen LogP contribution in [0, 0.1) is 0 Å². The summed E-state index contributed by atoms with van der Waals surface area (Å²) in [7, 11) is 1.52. The molecule has 5 nitrogen and oxygen atoms in total. The first-order valence-electron chi connectivity index (χ1n) is 9.61. The predicted octanol–water partition coefficient (Wildman–Crippen LogP) is 4.90. The van der Waals surface area contributed by atoms with Crippen LogP contribution >= 0.6 is 11.6 Å². The molecule has 31 heavy (non-hydrogen) atoms. The summed E-state index contributed by atoms with van der Waals surface area (Å²) in [6.45, 7) is -0.488. The first kappa shape index (κ1) is 20.6. The van der Waals surface area contributed by atoms with Crippen LogP contribution in [-0.2, 0) is 11.8 Å². The molecule has 0 aliphatic carbocycles. The Balaban J connectivity index is 1.79. The van der Waals surface area contributed by atoms with E-state index in [0.29, 0.717) is 16.3 Å². The Labute approximate surface area is 183 Å². The summed E-state index contributed by atoms with van der Waals surface area (Å²) in [4.78, 5) is 38.5. The molecule has 0 radical (unpaired) electrons. The third-order valence-electron chi connectivity index (χ3n) is 5.07. The third kappa shape index (κ3) is 3.88. The van der Waals surface area contributed by atoms with Gasteiger partial charge in [-0.2, -0.15) is 0 Å². The number of hydrogen-bond acceptors (Lipinski definition) is 4. The molecule has 0 aliphatic rings. The van der Waals surface area contributed by atoms with E-state index in [-0.39, 0.29) is 21.8 Å². The first-order chi connectivity index (χ1) is 15.0. The maximum Gasteiger partial charge on any atom is 0.356 e. The average molecular weight is 432 g/mol. The van der Waals surface area contributed by atoms with Crippen LogP contribution in [0.4, 0.5) is 0 Å². The second-order valence-electron chi connectivity index (χ2n) is 6.98. The summed E-state index contributed by atoms with van der Waals surface area (Å²) in [6, 6.07) is 23.0. The highest BCUT2D eigenvalue weighted by atomic mass is 35.5. The fourth-order valence-electron chi connectivity index (χ4n) is 3.57. The van der Waals surface area contributed by atoms with Gasteiger partial charge in [0.25, 0.3) is 5.56 Å². The summed E-state index contributed by atoms with van der Waals surface area (Å²) in [6.07, 6.45) is 0. The van der Waals surface area contributed by atoms with Crippen molar-refractivity contribution in [1.82, 2.24) is 4.57 Å². The number of Topliss-reactive ketones (excluding diaryl/α,β-unsaturated/α-hetero) is 1. The Morgan fingerprint density at radius 2 is 1.48 bits per heavy atom. The molecule has 0 aliphatic heterocycles. The van der Waals surface area contributed by atoms with E-state index >= 15 is 0 Å². The number of rotatable bonds is 5. The number of nitrogens with zero attached hydrogens (tertiary/aromatic N) is 1. The largest absolute Gasteiger partial charge is 0.453 e. The van der Waals surface area contributed by atoms with Gasteiger partial charge in [-0.1, -0.05) is 72.3 Å². The van der Waals surface area contributed by atoms with Crippen molar-refractivity contribution in [2.45, 2.75) is 0 Å². The van der Waals surface area contributed by atoms with Crippen LogP contribution in [-0.4, -0.2) is 22.9 Å². The molecule has 0 atom stereocenters. The SMILES string of the molecule is Cn1c(C(=O)OCC(=O)c2ccccc2Cl)c(-c2ccccc2)c2ccccc2c1=O. The number of ether oxygens (including phenoxy) is 1. The normalized spacial score (nSPS) is 10.8. The molecule has 0 amide bonds. The summed E-state index contributed by atoms with van der Waals surface area (Å²) in [5, 5.41) is 1.42. The number of halogens is 1. The fourth-order valence-corrected chi connectivity index (χ4v) is 3.81. The van der Waals surface area contributed by atoms with Crippen LogP contribution in [0.3, 0.4) is 0 Å². The number of aromatic nitrogens is 1. The Morgan fingerprint density at radius 3 is 2.19 bits per heavy atom. The molecular formula is C25H18ClNO4. The molecule has 4 rings (SSSR count). The van der Waals surface area contributed by atoms with Crippen LogP contribution in [0.1, 0.15) is 20.8 Å². The van der Waals surface area contributed by atoms with Crippen molar-refractivity contribution in [3.63, 3.8) is 0 Å². The van der Waals surface area contributed by atoms with Crippen molar-refractivity contribution in [1.29, 1.82) is 0 Å². The molecule has 1 heterocycles. The highest BCUT2D eigenvalue weighted by Gasteiger charge is 2.24. The van der Waals surface area contributed by atoms with Gasteiger partial charge in [0.2, 0.25) is 5.78 Å². The summed E-state index contributed by atoms with van der Waals surface area (Å²) >= 11 is 6.06. The van der Waals surface area contributed by atoms with E-state index in [2.05, 4.69) is 0 Å². The second kappa shape index (κ2) is 8.58. The molecule has 0 saturated heterocycles. The summed E-state index contributed by atoms with van der Waals surface area (Å²) in [5.41, 5.74) is 1.38. The number of hydrogen-bond donors (Lipinski definition) is 0. The molecular weight excluding hydrogens is 414 g/mol. The lowest BCUT2D eigenvalue weighted by Crippen LogP contribution is -2.27. The second-order valence-corrected chi connectivity index (χ2v) is 7.39. The van der Waals surface area contributed by atoms with Gasteiger partial charge >= 0.3 is 5.97 Å². The van der Waals surface area contributed by atoms with E-state index in [4.69, 9.17) is 16.3 Å². The van der Waals surface area contributed by atoms with Crippen LogP contribution in [0.15, 0.2) is 83.7 Å². The fraction of sp³-hybridized carbons (Fsp3) is 0.0800. The number of ketones is 1. The van der Waals surface area contributed by atoms with Crippen LogP contribution in [0.5, 0.6) is 0 Å². The maximum absolute atomic E-state index is 13.1. The van der Waals surface area contributed by atoms with E-state index in [1.807, 2.05) is 36.4 Å². The minimum Gasteiger partial charge on any atom is -0.453 e. The zero-order valence-electron chi connectivity index (χ0n) is 16.7. The molecule has 3 aromatic carbocycles. The lowest BCUT2D eigenvalue weighted by molar-refractivity contribution is 0.0465. The molecule has 1 aromatic heterocycles. The van der Waals surface area contributed by atoms with E-state index in [0.717, 1.165) is 5.56 Å². The Kier molecular flexibility index (Phi) is 5.69. The Bertz CT molecular complexity index is 1360. The van der Waals surface area contributed by atoms with Crippen LogP contribution < -0.4 is 5.56 Å². The van der Waals surface area contributed by atoms with Crippen LogP contribution in [0.2, 0.25) is 5.02 Å². The molecule has 0 fully saturated rings. The molecule has 0 N–H and O–H groups in total. The molecule has 0 bridgehead atoms. The number of benzene rings is 3. The number of carbonyl (C=O) groups is 2. The number of fused-ring (bicyclic) bond motifs is 1. The number of esters is 1.